The monoisotopic (exact) mass is 317 g/mol. The maximum absolute atomic E-state index is 12.8. The van der Waals surface area contributed by atoms with Gasteiger partial charge in [-0.15, -0.1) is 0 Å². The number of nitriles is 1. The molecular formula is C16H16FN3O3. The molecule has 0 aliphatic carbocycles. The zero-order chi connectivity index (χ0) is 16.1. The van der Waals surface area contributed by atoms with E-state index in [1.165, 1.54) is 24.3 Å². The van der Waals surface area contributed by atoms with Crippen molar-refractivity contribution in [2.75, 3.05) is 18.5 Å². The SMILES string of the molecule is N#Cc1nc(COc2ccc(F)cc2)oc1NCC1CCCO1. The van der Waals surface area contributed by atoms with Crippen molar-refractivity contribution in [1.82, 2.24) is 4.98 Å². The summed E-state index contributed by atoms with van der Waals surface area (Å²) < 4.78 is 29.3. The molecule has 1 unspecified atom stereocenters. The van der Waals surface area contributed by atoms with E-state index in [0.29, 0.717) is 18.2 Å². The fourth-order valence-corrected chi connectivity index (χ4v) is 2.31. The van der Waals surface area contributed by atoms with E-state index in [-0.39, 0.29) is 30.1 Å². The minimum Gasteiger partial charge on any atom is -0.484 e. The van der Waals surface area contributed by atoms with Crippen LogP contribution in [0, 0.1) is 17.1 Å². The minimum atomic E-state index is -0.333. The topological polar surface area (TPSA) is 80.3 Å². The van der Waals surface area contributed by atoms with Crippen LogP contribution in [0.3, 0.4) is 0 Å². The van der Waals surface area contributed by atoms with E-state index in [0.717, 1.165) is 19.4 Å². The summed E-state index contributed by atoms with van der Waals surface area (Å²) in [5, 5.41) is 12.2. The van der Waals surface area contributed by atoms with Crippen LogP contribution in [0.2, 0.25) is 0 Å². The number of oxazole rings is 1. The molecule has 6 nitrogen and oxygen atoms in total. The second-order valence-corrected chi connectivity index (χ2v) is 5.16. The van der Waals surface area contributed by atoms with Crippen LogP contribution in [-0.4, -0.2) is 24.2 Å². The van der Waals surface area contributed by atoms with E-state index >= 15 is 0 Å². The molecular weight excluding hydrogens is 301 g/mol. The molecule has 1 aliphatic rings. The second-order valence-electron chi connectivity index (χ2n) is 5.16. The smallest absolute Gasteiger partial charge is 0.236 e. The van der Waals surface area contributed by atoms with Gasteiger partial charge in [-0.2, -0.15) is 10.2 Å². The summed E-state index contributed by atoms with van der Waals surface area (Å²) in [6.07, 6.45) is 2.17. The molecule has 2 heterocycles. The number of halogens is 1. The van der Waals surface area contributed by atoms with Crippen molar-refractivity contribution < 1.29 is 18.3 Å². The standard InChI is InChI=1S/C16H16FN3O3/c17-11-3-5-12(6-4-11)22-10-15-20-14(8-18)16(23-15)19-9-13-2-1-7-21-13/h3-6,13,19H,1-2,7,9-10H2. The second kappa shape index (κ2) is 7.11. The lowest BCUT2D eigenvalue weighted by atomic mass is 10.2. The average molecular weight is 317 g/mol. The number of nitrogens with one attached hydrogen (secondary N) is 1. The first kappa shape index (κ1) is 15.3. The van der Waals surface area contributed by atoms with Crippen LogP contribution < -0.4 is 10.1 Å². The van der Waals surface area contributed by atoms with Gasteiger partial charge in [0.25, 0.3) is 0 Å². The van der Waals surface area contributed by atoms with Gasteiger partial charge in [0.05, 0.1) is 6.10 Å². The molecule has 1 aliphatic heterocycles. The van der Waals surface area contributed by atoms with Gasteiger partial charge >= 0.3 is 0 Å². The Hall–Kier alpha value is -2.59. The quantitative estimate of drug-likeness (QED) is 0.882. The van der Waals surface area contributed by atoms with Gasteiger partial charge < -0.3 is 19.2 Å². The third-order valence-corrected chi connectivity index (χ3v) is 3.47. The zero-order valence-electron chi connectivity index (χ0n) is 12.4. The van der Waals surface area contributed by atoms with Crippen molar-refractivity contribution in [2.24, 2.45) is 0 Å². The first-order valence-electron chi connectivity index (χ1n) is 7.38. The molecule has 7 heteroatoms. The lowest BCUT2D eigenvalue weighted by molar-refractivity contribution is 0.120. The maximum Gasteiger partial charge on any atom is 0.236 e. The molecule has 2 aromatic rings. The molecule has 1 fully saturated rings. The third kappa shape index (κ3) is 3.99. The average Bonchev–Trinajstić information content (AvgIpc) is 3.21. The number of hydrogen-bond acceptors (Lipinski definition) is 6. The van der Waals surface area contributed by atoms with Gasteiger partial charge in [-0.1, -0.05) is 0 Å². The Labute approximate surface area is 132 Å². The molecule has 0 saturated carbocycles. The number of rotatable bonds is 6. The first-order chi connectivity index (χ1) is 11.2. The Morgan fingerprint density at radius 2 is 2.22 bits per heavy atom. The van der Waals surface area contributed by atoms with E-state index in [2.05, 4.69) is 10.3 Å². The summed E-state index contributed by atoms with van der Waals surface area (Å²) in [6.45, 7) is 1.40. The highest BCUT2D eigenvalue weighted by molar-refractivity contribution is 5.45. The van der Waals surface area contributed by atoms with Gasteiger partial charge in [-0.05, 0) is 37.1 Å². The Kier molecular flexibility index (Phi) is 4.74. The van der Waals surface area contributed by atoms with Crippen LogP contribution in [0.4, 0.5) is 10.3 Å². The fraction of sp³-hybridized carbons (Fsp3) is 0.375. The van der Waals surface area contributed by atoms with Gasteiger partial charge in [-0.25, -0.2) is 4.39 Å². The maximum atomic E-state index is 12.8. The molecule has 0 radical (unpaired) electrons. The Morgan fingerprint density at radius 3 is 2.91 bits per heavy atom. The van der Waals surface area contributed by atoms with Gasteiger partial charge in [0.1, 0.15) is 17.6 Å². The van der Waals surface area contributed by atoms with Crippen molar-refractivity contribution in [3.05, 3.63) is 41.7 Å². The van der Waals surface area contributed by atoms with Gasteiger partial charge in [0.15, 0.2) is 6.61 Å². The Balaban J connectivity index is 1.59. The number of hydrogen-bond donors (Lipinski definition) is 1. The van der Waals surface area contributed by atoms with Crippen LogP contribution in [0.1, 0.15) is 24.4 Å². The number of benzene rings is 1. The molecule has 0 spiro atoms. The summed E-state index contributed by atoms with van der Waals surface area (Å²) in [4.78, 5) is 4.08. The van der Waals surface area contributed by atoms with Crippen LogP contribution >= 0.6 is 0 Å². The fourth-order valence-electron chi connectivity index (χ4n) is 2.31. The van der Waals surface area contributed by atoms with Crippen molar-refractivity contribution in [3.63, 3.8) is 0 Å². The number of nitrogens with zero attached hydrogens (tertiary/aromatic N) is 2. The normalized spacial score (nSPS) is 17.0. The highest BCUT2D eigenvalue weighted by atomic mass is 19.1. The first-order valence-corrected chi connectivity index (χ1v) is 7.38. The van der Waals surface area contributed by atoms with Crippen molar-refractivity contribution >= 4 is 5.88 Å². The van der Waals surface area contributed by atoms with Crippen molar-refractivity contribution in [1.29, 1.82) is 5.26 Å². The molecule has 1 aromatic carbocycles. The predicted molar refractivity (Wildman–Crippen MR) is 79.4 cm³/mol. The molecule has 3 rings (SSSR count). The number of aromatic nitrogens is 1. The van der Waals surface area contributed by atoms with E-state index in [9.17, 15) is 4.39 Å². The van der Waals surface area contributed by atoms with E-state index in [1.54, 1.807) is 0 Å². The van der Waals surface area contributed by atoms with Gasteiger partial charge in [0.2, 0.25) is 17.5 Å². The Morgan fingerprint density at radius 1 is 1.39 bits per heavy atom. The summed E-state index contributed by atoms with van der Waals surface area (Å²) >= 11 is 0. The molecule has 0 bridgehead atoms. The van der Waals surface area contributed by atoms with Crippen molar-refractivity contribution in [2.45, 2.75) is 25.6 Å². The summed E-state index contributed by atoms with van der Waals surface area (Å²) in [7, 11) is 0. The molecule has 1 saturated heterocycles. The van der Waals surface area contributed by atoms with E-state index in [1.807, 2.05) is 6.07 Å². The summed E-state index contributed by atoms with van der Waals surface area (Å²) in [5.41, 5.74) is 0.181. The van der Waals surface area contributed by atoms with E-state index < -0.39 is 0 Å². The lowest BCUT2D eigenvalue weighted by Gasteiger charge is -2.09. The van der Waals surface area contributed by atoms with Crippen LogP contribution in [0.25, 0.3) is 0 Å². The minimum absolute atomic E-state index is 0.0575. The summed E-state index contributed by atoms with van der Waals surface area (Å²) in [5.74, 6) is 0.763. The van der Waals surface area contributed by atoms with E-state index in [4.69, 9.17) is 19.2 Å². The van der Waals surface area contributed by atoms with Gasteiger partial charge in [0, 0.05) is 13.2 Å². The van der Waals surface area contributed by atoms with Crippen LogP contribution in [-0.2, 0) is 11.3 Å². The molecule has 120 valence electrons. The number of ether oxygens (including phenoxy) is 2. The highest BCUT2D eigenvalue weighted by Crippen LogP contribution is 2.20. The zero-order valence-corrected chi connectivity index (χ0v) is 12.4. The highest BCUT2D eigenvalue weighted by Gasteiger charge is 2.18. The molecule has 23 heavy (non-hydrogen) atoms. The Bertz CT molecular complexity index is 688. The molecule has 1 N–H and O–H groups in total. The van der Waals surface area contributed by atoms with Crippen LogP contribution in [0.5, 0.6) is 5.75 Å². The van der Waals surface area contributed by atoms with Crippen LogP contribution in [0.15, 0.2) is 28.7 Å². The third-order valence-electron chi connectivity index (χ3n) is 3.47. The van der Waals surface area contributed by atoms with Gasteiger partial charge in [-0.3, -0.25) is 0 Å². The molecule has 1 atom stereocenters. The molecule has 1 aromatic heterocycles. The van der Waals surface area contributed by atoms with Crippen molar-refractivity contribution in [3.8, 4) is 11.8 Å². The largest absolute Gasteiger partial charge is 0.484 e. The lowest BCUT2D eigenvalue weighted by Crippen LogP contribution is -2.18. The molecule has 0 amide bonds. The number of anilines is 1. The summed E-state index contributed by atoms with van der Waals surface area (Å²) in [6, 6.07) is 7.62. The predicted octanol–water partition coefficient (Wildman–Crippen LogP) is 2.86.